The number of anilines is 1. The number of nitrogen functional groups attached to an aromatic ring is 1. The predicted molar refractivity (Wildman–Crippen MR) is 176 cm³/mol. The second-order valence-corrected chi connectivity index (χ2v) is 13.2. The topological polar surface area (TPSA) is 89.0 Å². The van der Waals surface area contributed by atoms with Crippen LogP contribution in [-0.2, 0) is 6.42 Å². The molecule has 2 fully saturated rings. The number of benzene rings is 2. The molecule has 1 aliphatic carbocycles. The van der Waals surface area contributed by atoms with E-state index in [1.54, 1.807) is 17.7 Å². The number of aromatic nitrogens is 5. The van der Waals surface area contributed by atoms with Crippen molar-refractivity contribution in [1.82, 2.24) is 34.5 Å². The van der Waals surface area contributed by atoms with Gasteiger partial charge in [0.25, 0.3) is 0 Å². The lowest BCUT2D eigenvalue weighted by atomic mass is 9.90. The molecular weight excluding hydrogens is 552 g/mol. The molecule has 2 aromatic carbocycles. The number of hydrogen-bond acceptors (Lipinski definition) is 8. The second-order valence-electron chi connectivity index (χ2n) is 12.1. The minimum absolute atomic E-state index is 0.316. The van der Waals surface area contributed by atoms with Crippen LogP contribution in [0.3, 0.4) is 0 Å². The molecule has 0 atom stereocenters. The lowest BCUT2D eigenvalue weighted by Crippen LogP contribution is -2.49. The van der Waals surface area contributed by atoms with Crippen molar-refractivity contribution in [1.29, 1.82) is 0 Å². The van der Waals surface area contributed by atoms with Gasteiger partial charge in [0.2, 0.25) is 0 Å². The van der Waals surface area contributed by atoms with E-state index >= 15 is 0 Å². The van der Waals surface area contributed by atoms with Crippen molar-refractivity contribution in [2.75, 3.05) is 39.0 Å². The number of hydrogen-bond donors (Lipinski definition) is 1. The lowest BCUT2D eigenvalue weighted by molar-refractivity contribution is 0.0815. The maximum absolute atomic E-state index is 6.47. The summed E-state index contributed by atoms with van der Waals surface area (Å²) in [6.45, 7) is 9.01. The van der Waals surface area contributed by atoms with Crippen LogP contribution in [0.1, 0.15) is 49.1 Å². The van der Waals surface area contributed by atoms with Crippen LogP contribution in [0, 0.1) is 6.92 Å². The van der Waals surface area contributed by atoms with Gasteiger partial charge in [-0.3, -0.25) is 4.90 Å². The molecule has 7 rings (SSSR count). The van der Waals surface area contributed by atoms with Crippen molar-refractivity contribution in [3.8, 4) is 33.1 Å². The summed E-state index contributed by atoms with van der Waals surface area (Å²) in [5.41, 5.74) is 13.8. The van der Waals surface area contributed by atoms with E-state index in [0.29, 0.717) is 17.9 Å². The van der Waals surface area contributed by atoms with Crippen molar-refractivity contribution in [2.45, 2.75) is 58.0 Å². The molecule has 4 heterocycles. The monoisotopic (exact) mass is 592 g/mol. The number of rotatable bonds is 6. The molecule has 2 N–H and O–H groups in total. The van der Waals surface area contributed by atoms with Gasteiger partial charge in [-0.25, -0.2) is 19.6 Å². The first kappa shape index (κ1) is 28.1. The number of fused-ring (bicyclic) bond motifs is 1. The Bertz CT molecular complexity index is 1720. The van der Waals surface area contributed by atoms with Crippen LogP contribution in [0.15, 0.2) is 54.9 Å². The van der Waals surface area contributed by atoms with E-state index in [4.69, 9.17) is 15.8 Å². The van der Waals surface area contributed by atoms with Crippen molar-refractivity contribution in [3.05, 3.63) is 65.3 Å². The molecule has 1 aliphatic heterocycles. The van der Waals surface area contributed by atoms with Crippen LogP contribution >= 0.6 is 11.3 Å². The molecule has 0 unspecified atom stereocenters. The Balaban J connectivity index is 1.16. The first-order valence-electron chi connectivity index (χ1n) is 15.6. The predicted octanol–water partition coefficient (Wildman–Crippen LogP) is 6.47. The van der Waals surface area contributed by atoms with Crippen molar-refractivity contribution in [2.24, 2.45) is 0 Å². The summed E-state index contributed by atoms with van der Waals surface area (Å²) >= 11 is 1.78. The highest BCUT2D eigenvalue weighted by molar-refractivity contribution is 7.15. The van der Waals surface area contributed by atoms with Crippen molar-refractivity contribution >= 4 is 28.2 Å². The Kier molecular flexibility index (Phi) is 7.71. The van der Waals surface area contributed by atoms with Gasteiger partial charge < -0.3 is 10.6 Å². The molecule has 0 spiro atoms. The number of likely N-dealkylation sites (N-methyl/N-ethyl adjacent to an activating group) is 1. The van der Waals surface area contributed by atoms with Gasteiger partial charge in [-0.15, -0.1) is 11.3 Å². The smallest absolute Gasteiger partial charge is 0.164 e. The van der Waals surface area contributed by atoms with E-state index < -0.39 is 0 Å². The highest BCUT2D eigenvalue weighted by atomic mass is 32.1. The van der Waals surface area contributed by atoms with E-state index in [9.17, 15) is 0 Å². The van der Waals surface area contributed by atoms with Crippen molar-refractivity contribution < 1.29 is 0 Å². The zero-order chi connectivity index (χ0) is 29.5. The van der Waals surface area contributed by atoms with Crippen LogP contribution in [0.25, 0.3) is 44.1 Å². The molecule has 0 bridgehead atoms. The van der Waals surface area contributed by atoms with E-state index in [-0.39, 0.29) is 0 Å². The molecule has 0 radical (unpaired) electrons. The van der Waals surface area contributed by atoms with Gasteiger partial charge in [0, 0.05) is 53.8 Å². The maximum Gasteiger partial charge on any atom is 0.164 e. The molecule has 1 saturated heterocycles. The molecule has 3 aromatic heterocycles. The minimum atomic E-state index is 0.316. The number of aryl methyl sites for hydroxylation is 2. The summed E-state index contributed by atoms with van der Waals surface area (Å²) in [5, 5.41) is 7.06. The third kappa shape index (κ3) is 5.46. The number of nitrogens with zero attached hydrogens (tertiary/aromatic N) is 7. The minimum Gasteiger partial charge on any atom is -0.383 e. The van der Waals surface area contributed by atoms with Crippen LogP contribution in [-0.4, -0.2) is 73.8 Å². The first-order valence-corrected chi connectivity index (χ1v) is 16.4. The molecule has 8 nitrogen and oxygen atoms in total. The van der Waals surface area contributed by atoms with E-state index in [1.807, 2.05) is 0 Å². The molecule has 222 valence electrons. The van der Waals surface area contributed by atoms with Gasteiger partial charge in [0.1, 0.15) is 22.8 Å². The zero-order valence-corrected chi connectivity index (χ0v) is 26.1. The zero-order valence-electron chi connectivity index (χ0n) is 25.3. The Morgan fingerprint density at radius 2 is 1.58 bits per heavy atom. The fourth-order valence-electron chi connectivity index (χ4n) is 6.81. The Morgan fingerprint density at radius 3 is 2.30 bits per heavy atom. The molecule has 0 amide bonds. The largest absolute Gasteiger partial charge is 0.383 e. The molecule has 43 heavy (non-hydrogen) atoms. The number of nitrogens with two attached hydrogens (primary N) is 1. The van der Waals surface area contributed by atoms with Gasteiger partial charge in [-0.2, -0.15) is 5.10 Å². The summed E-state index contributed by atoms with van der Waals surface area (Å²) in [6, 6.07) is 18.2. The summed E-state index contributed by atoms with van der Waals surface area (Å²) in [4.78, 5) is 20.6. The summed E-state index contributed by atoms with van der Waals surface area (Å²) in [7, 11) is 2.22. The molecule has 2 aliphatic rings. The Morgan fingerprint density at radius 1 is 0.860 bits per heavy atom. The summed E-state index contributed by atoms with van der Waals surface area (Å²) in [6.07, 6.45) is 7.11. The average Bonchev–Trinajstić information content (AvgIpc) is 3.65. The summed E-state index contributed by atoms with van der Waals surface area (Å²) < 4.78 is 2.14. The normalized spacial score (nSPS) is 20.2. The van der Waals surface area contributed by atoms with Gasteiger partial charge in [0.05, 0.1) is 17.1 Å². The fourth-order valence-corrected chi connectivity index (χ4v) is 7.84. The molecule has 5 aromatic rings. The van der Waals surface area contributed by atoms with Crippen LogP contribution in [0.2, 0.25) is 0 Å². The fraction of sp³-hybridized carbons (Fsp3) is 0.412. The summed E-state index contributed by atoms with van der Waals surface area (Å²) in [5.74, 6) is 0.483. The lowest BCUT2D eigenvalue weighted by Gasteiger charge is -2.41. The molecular formula is C34H40N8S. The highest BCUT2D eigenvalue weighted by Crippen LogP contribution is 2.39. The van der Waals surface area contributed by atoms with Crippen molar-refractivity contribution in [3.63, 3.8) is 0 Å². The van der Waals surface area contributed by atoms with Gasteiger partial charge >= 0.3 is 0 Å². The third-order valence-corrected chi connectivity index (χ3v) is 10.5. The maximum atomic E-state index is 6.47. The van der Waals surface area contributed by atoms with E-state index in [2.05, 4.69) is 93.9 Å². The first-order chi connectivity index (χ1) is 21.0. The van der Waals surface area contributed by atoms with Crippen LogP contribution < -0.4 is 5.73 Å². The number of piperazine rings is 1. The highest BCUT2D eigenvalue weighted by Gasteiger charge is 2.30. The Hall–Kier alpha value is -3.66. The molecule has 1 saturated carbocycles. The van der Waals surface area contributed by atoms with E-state index in [0.717, 1.165) is 70.9 Å². The Labute approximate surface area is 257 Å². The third-order valence-electron chi connectivity index (χ3n) is 9.30. The second kappa shape index (κ2) is 11.8. The SMILES string of the molecule is CCc1sc(-c2ccc(-c3nn(C4CCC(N5CCN(C)CC5)CC4)c4ncnc(N)c34)cc2)nc1-c1cccc(C)c1. The van der Waals surface area contributed by atoms with Gasteiger partial charge in [-0.05, 0) is 52.1 Å². The quantitative estimate of drug-likeness (QED) is 0.242. The van der Waals surface area contributed by atoms with E-state index in [1.165, 1.54) is 41.9 Å². The van der Waals surface area contributed by atoms with Gasteiger partial charge in [-0.1, -0.05) is 55.0 Å². The van der Waals surface area contributed by atoms with Gasteiger partial charge in [0.15, 0.2) is 5.65 Å². The average molecular weight is 593 g/mol. The van der Waals surface area contributed by atoms with Crippen LogP contribution in [0.5, 0.6) is 0 Å². The standard InChI is InChI=1S/C34H40N8S/c1-4-28-30(25-7-5-6-22(2)20-25)38-34(43-28)24-10-8-23(9-11-24)31-29-32(35)36-21-37-33(29)42(39-31)27-14-12-26(13-15-27)41-18-16-40(3)17-19-41/h5-11,20-21,26-27H,4,12-19H2,1-3H3,(H2,35,36,37). The number of thiazole rings is 1. The van der Waals surface area contributed by atoms with Crippen LogP contribution in [0.4, 0.5) is 5.82 Å². The molecule has 9 heteroatoms.